The fraction of sp³-hybridized carbons (Fsp3) is 0.600. The van der Waals surface area contributed by atoms with Crippen LogP contribution in [0.25, 0.3) is 0 Å². The van der Waals surface area contributed by atoms with Crippen LogP contribution in [0.1, 0.15) is 20.8 Å². The first-order valence-electron chi connectivity index (χ1n) is 1.82. The normalized spacial score (nSPS) is 7.12. The maximum absolute atomic E-state index is 9.83. The molecule has 0 saturated heterocycles. The fourth-order valence-electron chi connectivity index (χ4n) is 0.203. The Morgan fingerprint density at radius 1 is 1.50 bits per heavy atom. The van der Waals surface area contributed by atoms with Crippen LogP contribution in [0.2, 0.25) is 0 Å². The highest BCUT2D eigenvalue weighted by molar-refractivity contribution is 5.92. The molecule has 0 saturated carbocycles. The van der Waals surface area contributed by atoms with E-state index in [0.29, 0.717) is 0 Å². The highest BCUT2D eigenvalue weighted by Gasteiger charge is 1.88. The summed E-state index contributed by atoms with van der Waals surface area (Å²) in [7, 11) is 0. The largest absolute Gasteiger partial charge is 0.550 e. The smallest absolute Gasteiger partial charge is 0.135 e. The molecule has 0 unspecified atom stereocenters. The zero-order valence-corrected chi connectivity index (χ0v) is 3.93. The van der Waals surface area contributed by atoms with Gasteiger partial charge >= 0.3 is 0 Å². The van der Waals surface area contributed by atoms with Crippen molar-refractivity contribution in [2.75, 3.05) is 0 Å². The van der Waals surface area contributed by atoms with E-state index in [1.54, 1.807) is 0 Å². The molecule has 0 aromatic rings. The van der Waals surface area contributed by atoms with Crippen molar-refractivity contribution in [3.63, 3.8) is 0 Å². The summed E-state index contributed by atoms with van der Waals surface area (Å²) in [6.07, 6.45) is -0.472. The number of carbonyl (C=O) groups is 2. The van der Waals surface area contributed by atoms with Gasteiger partial charge in [0.1, 0.15) is 5.78 Å². The van der Waals surface area contributed by atoms with Crippen LogP contribution in [0.3, 0.4) is 0 Å². The molecule has 8 heavy (non-hydrogen) atoms. The van der Waals surface area contributed by atoms with Crippen molar-refractivity contribution in [3.8, 4) is 0 Å². The Balaban J connectivity index is 0. The van der Waals surface area contributed by atoms with Crippen LogP contribution in [-0.2, 0) is 9.59 Å². The number of carboxylic acids is 1. The topological polar surface area (TPSA) is 57.2 Å². The van der Waals surface area contributed by atoms with Gasteiger partial charge in [-0.1, -0.05) is 7.43 Å². The van der Waals surface area contributed by atoms with E-state index in [1.165, 1.54) is 6.92 Å². The molecule has 0 bridgehead atoms. The molecule has 0 aromatic carbocycles. The first-order valence-corrected chi connectivity index (χ1v) is 1.82. The SMILES string of the molecule is C.CC(=O)CC(=O)[O-]. The lowest BCUT2D eigenvalue weighted by molar-refractivity contribution is -0.304. The van der Waals surface area contributed by atoms with Gasteiger partial charge in [0.25, 0.3) is 0 Å². The second-order valence-electron chi connectivity index (χ2n) is 1.25. The van der Waals surface area contributed by atoms with E-state index in [9.17, 15) is 14.7 Å². The number of carbonyl (C=O) groups excluding carboxylic acids is 2. The van der Waals surface area contributed by atoms with E-state index in [1.807, 2.05) is 0 Å². The molecule has 0 N–H and O–H groups in total. The van der Waals surface area contributed by atoms with Crippen LogP contribution < -0.4 is 5.11 Å². The minimum Gasteiger partial charge on any atom is -0.550 e. The number of hydrogen-bond acceptors (Lipinski definition) is 3. The molecule has 0 radical (unpaired) electrons. The van der Waals surface area contributed by atoms with Crippen molar-refractivity contribution in [2.45, 2.75) is 20.8 Å². The van der Waals surface area contributed by atoms with Crippen LogP contribution >= 0.6 is 0 Å². The molecule has 3 heteroatoms. The Kier molecular flexibility index (Phi) is 5.48. The minimum atomic E-state index is -1.31. The molecule has 0 atom stereocenters. The highest BCUT2D eigenvalue weighted by Crippen LogP contribution is 1.74. The summed E-state index contributed by atoms with van der Waals surface area (Å²) in [5, 5.41) is 9.48. The van der Waals surface area contributed by atoms with Crippen molar-refractivity contribution in [2.24, 2.45) is 0 Å². The predicted octanol–water partition coefficient (Wildman–Crippen LogP) is -0.649. The maximum atomic E-state index is 9.83. The average Bonchev–Trinajstić information content (AvgIpc) is 1.27. The third-order valence-electron chi connectivity index (χ3n) is 0.393. The standard InChI is InChI=1S/C4H6O3.CH4/c1-3(5)2-4(6)7;/h2H2,1H3,(H,6,7);1H4/p-1. The van der Waals surface area contributed by atoms with Gasteiger partial charge in [0, 0.05) is 12.4 Å². The van der Waals surface area contributed by atoms with Crippen molar-refractivity contribution < 1.29 is 14.7 Å². The number of rotatable bonds is 2. The first kappa shape index (κ1) is 10.2. The number of carboxylic acid groups (broad SMARTS) is 1. The Morgan fingerprint density at radius 2 is 1.88 bits per heavy atom. The van der Waals surface area contributed by atoms with Gasteiger partial charge in [0.2, 0.25) is 0 Å². The summed E-state index contributed by atoms with van der Waals surface area (Å²) in [5.41, 5.74) is 0. The molecule has 3 nitrogen and oxygen atoms in total. The van der Waals surface area contributed by atoms with Crippen LogP contribution in [0.15, 0.2) is 0 Å². The summed E-state index contributed by atoms with van der Waals surface area (Å²) in [6, 6.07) is 0. The Bertz CT molecular complexity index is 83.8. The minimum absolute atomic E-state index is 0. The van der Waals surface area contributed by atoms with Gasteiger partial charge in [-0.3, -0.25) is 4.79 Å². The number of hydrogen-bond donors (Lipinski definition) is 0. The van der Waals surface area contributed by atoms with E-state index in [-0.39, 0.29) is 13.2 Å². The van der Waals surface area contributed by atoms with Gasteiger partial charge in [0.05, 0.1) is 0 Å². The van der Waals surface area contributed by atoms with Crippen molar-refractivity contribution in [1.82, 2.24) is 0 Å². The second-order valence-corrected chi connectivity index (χ2v) is 1.25. The Labute approximate surface area is 48.3 Å². The molecule has 0 spiro atoms. The van der Waals surface area contributed by atoms with Crippen LogP contribution in [0, 0.1) is 0 Å². The predicted molar refractivity (Wildman–Crippen MR) is 27.0 cm³/mol. The maximum Gasteiger partial charge on any atom is 0.135 e. The summed E-state index contributed by atoms with van der Waals surface area (Å²) < 4.78 is 0. The molecule has 0 aromatic heterocycles. The first-order chi connectivity index (χ1) is 3.13. The summed E-state index contributed by atoms with van der Waals surface area (Å²) in [6.45, 7) is 1.20. The van der Waals surface area contributed by atoms with Gasteiger partial charge < -0.3 is 9.90 Å². The summed E-state index contributed by atoms with van der Waals surface area (Å²) in [4.78, 5) is 19.3. The highest BCUT2D eigenvalue weighted by atomic mass is 16.4. The van der Waals surface area contributed by atoms with Gasteiger partial charge in [-0.15, -0.1) is 0 Å². The molecule has 0 aliphatic heterocycles. The third-order valence-corrected chi connectivity index (χ3v) is 0.393. The summed E-state index contributed by atoms with van der Waals surface area (Å²) >= 11 is 0. The van der Waals surface area contributed by atoms with Crippen molar-refractivity contribution in [1.29, 1.82) is 0 Å². The van der Waals surface area contributed by atoms with Crippen molar-refractivity contribution >= 4 is 11.8 Å². The van der Waals surface area contributed by atoms with Crippen LogP contribution in [0.5, 0.6) is 0 Å². The third kappa shape index (κ3) is 8.94. The lowest BCUT2D eigenvalue weighted by Crippen LogP contribution is -2.24. The van der Waals surface area contributed by atoms with E-state index in [4.69, 9.17) is 0 Å². The molecule has 0 aliphatic rings. The molecule has 0 amide bonds. The second kappa shape index (κ2) is 4.30. The zero-order valence-electron chi connectivity index (χ0n) is 3.93. The summed E-state index contributed by atoms with van der Waals surface area (Å²) in [5.74, 6) is -1.69. The van der Waals surface area contributed by atoms with E-state index in [2.05, 4.69) is 0 Å². The molecule has 48 valence electrons. The van der Waals surface area contributed by atoms with E-state index < -0.39 is 12.4 Å². The van der Waals surface area contributed by atoms with E-state index in [0.717, 1.165) is 0 Å². The Morgan fingerprint density at radius 3 is 1.88 bits per heavy atom. The molecule has 0 aliphatic carbocycles. The van der Waals surface area contributed by atoms with Crippen LogP contribution in [-0.4, -0.2) is 11.8 Å². The molecule has 0 heterocycles. The van der Waals surface area contributed by atoms with Crippen molar-refractivity contribution in [3.05, 3.63) is 0 Å². The van der Waals surface area contributed by atoms with Crippen LogP contribution in [0.4, 0.5) is 0 Å². The molecule has 0 fully saturated rings. The molecular formula is C5H9O3-. The number of Topliss-reactive ketones (excluding diaryl/α,β-unsaturated/α-hetero) is 1. The Hall–Kier alpha value is -0.860. The zero-order chi connectivity index (χ0) is 5.86. The van der Waals surface area contributed by atoms with Gasteiger partial charge in [-0.2, -0.15) is 0 Å². The number of aliphatic carboxylic acids is 1. The fourth-order valence-corrected chi connectivity index (χ4v) is 0.203. The van der Waals surface area contributed by atoms with Gasteiger partial charge in [0.15, 0.2) is 0 Å². The molecular weight excluding hydrogens is 108 g/mol. The lowest BCUT2D eigenvalue weighted by atomic mass is 10.3. The molecule has 0 rings (SSSR count). The van der Waals surface area contributed by atoms with E-state index >= 15 is 0 Å². The van der Waals surface area contributed by atoms with Gasteiger partial charge in [-0.05, 0) is 6.92 Å². The quantitative estimate of drug-likeness (QED) is 0.451. The average molecular weight is 117 g/mol. The van der Waals surface area contributed by atoms with Gasteiger partial charge in [-0.25, -0.2) is 0 Å². The monoisotopic (exact) mass is 117 g/mol. The lowest BCUT2D eigenvalue weighted by Gasteiger charge is -1.92. The number of ketones is 1.